The van der Waals surface area contributed by atoms with Crippen molar-refractivity contribution >= 4 is 28.9 Å². The van der Waals surface area contributed by atoms with Gasteiger partial charge in [0.25, 0.3) is 0 Å². The molecule has 0 bridgehead atoms. The molecular weight excluding hydrogens is 289 g/mol. The van der Waals surface area contributed by atoms with Gasteiger partial charge in [-0.05, 0) is 32.0 Å². The SMILES string of the molecule is CC(C)(C(=O)O)c1csc(-c2ccc(F)c(Cl)c2)n1. The molecular formula is C13H11ClFNO2S. The zero-order valence-corrected chi connectivity index (χ0v) is 11.8. The molecule has 0 atom stereocenters. The third-order valence-electron chi connectivity index (χ3n) is 2.85. The molecule has 3 nitrogen and oxygen atoms in total. The minimum Gasteiger partial charge on any atom is -0.481 e. The van der Waals surface area contributed by atoms with Gasteiger partial charge in [0, 0.05) is 10.9 Å². The van der Waals surface area contributed by atoms with Gasteiger partial charge in [0.05, 0.1) is 10.7 Å². The number of benzene rings is 1. The van der Waals surface area contributed by atoms with Crippen LogP contribution in [0.4, 0.5) is 4.39 Å². The Morgan fingerprint density at radius 3 is 2.74 bits per heavy atom. The van der Waals surface area contributed by atoms with Gasteiger partial charge in [0.15, 0.2) is 0 Å². The molecule has 1 aromatic heterocycles. The number of carboxylic acid groups (broad SMARTS) is 1. The molecule has 1 N–H and O–H groups in total. The van der Waals surface area contributed by atoms with Crippen LogP contribution in [0, 0.1) is 5.82 Å². The van der Waals surface area contributed by atoms with Gasteiger partial charge in [0.2, 0.25) is 0 Å². The highest BCUT2D eigenvalue weighted by Crippen LogP contribution is 2.31. The Hall–Kier alpha value is -1.46. The minimum atomic E-state index is -1.06. The Bertz CT molecular complexity index is 639. The van der Waals surface area contributed by atoms with Gasteiger partial charge in [0.1, 0.15) is 16.2 Å². The largest absolute Gasteiger partial charge is 0.481 e. The molecule has 0 aliphatic carbocycles. The summed E-state index contributed by atoms with van der Waals surface area (Å²) in [6.07, 6.45) is 0. The molecule has 0 fully saturated rings. The maximum absolute atomic E-state index is 13.1. The van der Waals surface area contributed by atoms with Crippen LogP contribution in [-0.4, -0.2) is 16.1 Å². The molecule has 100 valence electrons. The third kappa shape index (κ3) is 2.62. The minimum absolute atomic E-state index is 0.0201. The number of aliphatic carboxylic acids is 1. The van der Waals surface area contributed by atoms with Crippen molar-refractivity contribution < 1.29 is 14.3 Å². The van der Waals surface area contributed by atoms with Gasteiger partial charge in [-0.2, -0.15) is 0 Å². The Balaban J connectivity index is 2.41. The lowest BCUT2D eigenvalue weighted by Crippen LogP contribution is -2.28. The molecule has 0 amide bonds. The van der Waals surface area contributed by atoms with Gasteiger partial charge in [-0.15, -0.1) is 11.3 Å². The van der Waals surface area contributed by atoms with Crippen molar-refractivity contribution in [2.24, 2.45) is 0 Å². The normalized spacial score (nSPS) is 11.6. The van der Waals surface area contributed by atoms with Gasteiger partial charge >= 0.3 is 5.97 Å². The van der Waals surface area contributed by atoms with Crippen molar-refractivity contribution in [3.8, 4) is 10.6 Å². The fraction of sp³-hybridized carbons (Fsp3) is 0.231. The number of hydrogen-bond acceptors (Lipinski definition) is 3. The van der Waals surface area contributed by atoms with Gasteiger partial charge in [-0.3, -0.25) is 4.79 Å². The standard InChI is InChI=1S/C13H11ClFNO2S/c1-13(2,12(17)18)10-6-19-11(16-10)7-3-4-9(15)8(14)5-7/h3-6H,1-2H3,(H,17,18). The van der Waals surface area contributed by atoms with E-state index in [0.717, 1.165) is 0 Å². The summed E-state index contributed by atoms with van der Waals surface area (Å²) in [5.74, 6) is -1.44. The van der Waals surface area contributed by atoms with E-state index < -0.39 is 17.2 Å². The van der Waals surface area contributed by atoms with E-state index in [-0.39, 0.29) is 5.02 Å². The summed E-state index contributed by atoms with van der Waals surface area (Å²) in [6, 6.07) is 4.31. The van der Waals surface area contributed by atoms with E-state index in [9.17, 15) is 9.18 Å². The van der Waals surface area contributed by atoms with Gasteiger partial charge < -0.3 is 5.11 Å². The van der Waals surface area contributed by atoms with Crippen LogP contribution in [0.15, 0.2) is 23.6 Å². The molecule has 2 aromatic rings. The second-order valence-corrected chi connectivity index (χ2v) is 5.86. The molecule has 6 heteroatoms. The Labute approximate surface area is 118 Å². The van der Waals surface area contributed by atoms with E-state index in [2.05, 4.69) is 4.98 Å². The summed E-state index contributed by atoms with van der Waals surface area (Å²) in [6.45, 7) is 3.18. The van der Waals surface area contributed by atoms with Crippen molar-refractivity contribution in [1.82, 2.24) is 4.98 Å². The molecule has 0 radical (unpaired) electrons. The van der Waals surface area contributed by atoms with E-state index >= 15 is 0 Å². The molecule has 0 unspecified atom stereocenters. The second kappa shape index (κ2) is 4.90. The molecule has 0 spiro atoms. The zero-order chi connectivity index (χ0) is 14.2. The lowest BCUT2D eigenvalue weighted by molar-refractivity contribution is -0.142. The van der Waals surface area contributed by atoms with Gasteiger partial charge in [-0.25, -0.2) is 9.37 Å². The monoisotopic (exact) mass is 299 g/mol. The summed E-state index contributed by atoms with van der Waals surface area (Å²) in [5, 5.41) is 11.5. The smallest absolute Gasteiger partial charge is 0.315 e. The van der Waals surface area contributed by atoms with Crippen molar-refractivity contribution in [3.63, 3.8) is 0 Å². The number of carbonyl (C=O) groups is 1. The molecule has 0 saturated carbocycles. The molecule has 0 saturated heterocycles. The Kier molecular flexibility index (Phi) is 3.60. The Morgan fingerprint density at radius 1 is 1.47 bits per heavy atom. The molecule has 0 aliphatic heterocycles. The third-order valence-corrected chi connectivity index (χ3v) is 4.03. The zero-order valence-electron chi connectivity index (χ0n) is 10.3. The predicted molar refractivity (Wildman–Crippen MR) is 73.2 cm³/mol. The maximum atomic E-state index is 13.1. The van der Waals surface area contributed by atoms with E-state index in [1.165, 1.54) is 23.5 Å². The van der Waals surface area contributed by atoms with E-state index in [1.807, 2.05) is 0 Å². The van der Waals surface area contributed by atoms with Crippen molar-refractivity contribution in [3.05, 3.63) is 40.1 Å². The first-order chi connectivity index (χ1) is 8.82. The number of hydrogen-bond donors (Lipinski definition) is 1. The lowest BCUT2D eigenvalue weighted by atomic mass is 9.90. The fourth-order valence-corrected chi connectivity index (χ4v) is 2.60. The predicted octanol–water partition coefficient (Wildman–Crippen LogP) is 3.96. The van der Waals surface area contributed by atoms with E-state index in [0.29, 0.717) is 16.3 Å². The molecule has 2 rings (SSSR count). The van der Waals surface area contributed by atoms with E-state index in [1.54, 1.807) is 25.3 Å². The number of carboxylic acids is 1. The van der Waals surface area contributed by atoms with E-state index in [4.69, 9.17) is 16.7 Å². The van der Waals surface area contributed by atoms with Gasteiger partial charge in [-0.1, -0.05) is 11.6 Å². The summed E-state index contributed by atoms with van der Waals surface area (Å²) in [7, 11) is 0. The van der Waals surface area contributed by atoms with Crippen LogP contribution < -0.4 is 0 Å². The highest BCUT2D eigenvalue weighted by atomic mass is 35.5. The summed E-state index contributed by atoms with van der Waals surface area (Å²) in [5.41, 5.74) is 0.0859. The van der Waals surface area contributed by atoms with Crippen molar-refractivity contribution in [1.29, 1.82) is 0 Å². The second-order valence-electron chi connectivity index (χ2n) is 4.60. The number of halogens is 2. The first-order valence-corrected chi connectivity index (χ1v) is 6.73. The summed E-state index contributed by atoms with van der Waals surface area (Å²) >= 11 is 7.02. The number of aromatic nitrogens is 1. The lowest BCUT2D eigenvalue weighted by Gasteiger charge is -2.15. The van der Waals surface area contributed by atoms with Crippen LogP contribution in [-0.2, 0) is 10.2 Å². The molecule has 1 heterocycles. The van der Waals surface area contributed by atoms with Crippen molar-refractivity contribution in [2.75, 3.05) is 0 Å². The van der Waals surface area contributed by atoms with Crippen LogP contribution in [0.2, 0.25) is 5.02 Å². The first kappa shape index (κ1) is 14.0. The number of thiazole rings is 1. The molecule has 1 aromatic carbocycles. The number of rotatable bonds is 3. The maximum Gasteiger partial charge on any atom is 0.315 e. The molecule has 0 aliphatic rings. The summed E-state index contributed by atoms with van der Waals surface area (Å²) < 4.78 is 13.1. The van der Waals surface area contributed by atoms with Crippen LogP contribution in [0.25, 0.3) is 10.6 Å². The quantitative estimate of drug-likeness (QED) is 0.933. The van der Waals surface area contributed by atoms with Crippen LogP contribution in [0.5, 0.6) is 0 Å². The first-order valence-electron chi connectivity index (χ1n) is 5.47. The Morgan fingerprint density at radius 2 is 2.16 bits per heavy atom. The van der Waals surface area contributed by atoms with Crippen molar-refractivity contribution in [2.45, 2.75) is 19.3 Å². The number of nitrogens with zero attached hydrogens (tertiary/aromatic N) is 1. The summed E-state index contributed by atoms with van der Waals surface area (Å²) in [4.78, 5) is 15.5. The highest BCUT2D eigenvalue weighted by molar-refractivity contribution is 7.13. The molecule has 19 heavy (non-hydrogen) atoms. The van der Waals surface area contributed by atoms with Crippen LogP contribution in [0.3, 0.4) is 0 Å². The highest BCUT2D eigenvalue weighted by Gasteiger charge is 2.32. The van der Waals surface area contributed by atoms with Crippen LogP contribution >= 0.6 is 22.9 Å². The average molecular weight is 300 g/mol. The fourth-order valence-electron chi connectivity index (χ4n) is 1.43. The van der Waals surface area contributed by atoms with Crippen LogP contribution in [0.1, 0.15) is 19.5 Å². The topological polar surface area (TPSA) is 50.2 Å². The average Bonchev–Trinajstić information content (AvgIpc) is 2.82.